The molecule has 0 spiro atoms. The molecule has 2 amide bonds. The Bertz CT molecular complexity index is 403. The smallest absolute Gasteiger partial charge is 0.410 e. The number of likely N-dealkylation sites (N-methyl/N-ethyl adjacent to an activating group) is 1. The number of carbonyl (C=O) groups is 3. The molecule has 1 rings (SSSR count). The van der Waals surface area contributed by atoms with Gasteiger partial charge < -0.3 is 19.7 Å². The van der Waals surface area contributed by atoms with Gasteiger partial charge in [0.1, 0.15) is 5.60 Å². The van der Waals surface area contributed by atoms with Gasteiger partial charge in [0, 0.05) is 20.1 Å². The average Bonchev–Trinajstić information content (AvgIpc) is 2.42. The fraction of sp³-hybridized carbons (Fsp3) is 0.786. The van der Waals surface area contributed by atoms with Crippen molar-refractivity contribution in [2.45, 2.75) is 39.2 Å². The van der Waals surface area contributed by atoms with Crippen LogP contribution in [-0.4, -0.2) is 55.2 Å². The summed E-state index contributed by atoms with van der Waals surface area (Å²) in [6.07, 6.45) is 0.927. The molecule has 1 saturated heterocycles. The molecule has 1 heterocycles. The van der Waals surface area contributed by atoms with Crippen LogP contribution in [0.1, 0.15) is 33.6 Å². The van der Waals surface area contributed by atoms with Crippen LogP contribution in [-0.2, 0) is 19.1 Å². The third-order valence-corrected chi connectivity index (χ3v) is 3.03. The summed E-state index contributed by atoms with van der Waals surface area (Å²) in [5.74, 6) is -1.22. The van der Waals surface area contributed by atoms with Crippen molar-refractivity contribution in [2.75, 3.05) is 26.7 Å². The highest BCUT2D eigenvalue weighted by molar-refractivity contribution is 5.81. The topological polar surface area (TPSA) is 84.9 Å². The summed E-state index contributed by atoms with van der Waals surface area (Å²) in [5.41, 5.74) is -0.566. The Kier molecular flexibility index (Phi) is 5.99. The standard InChI is InChI=1S/C14H24N2O5/c1-14(2,3)21-13(19)16-7-5-6-10(8-16)12(18)20-9-11(17)15-4/h10H,5-9H2,1-4H3,(H,15,17)/t10-/m1/s1. The lowest BCUT2D eigenvalue weighted by molar-refractivity contribution is -0.154. The van der Waals surface area contributed by atoms with Gasteiger partial charge >= 0.3 is 12.1 Å². The van der Waals surface area contributed by atoms with Crippen molar-refractivity contribution in [3.05, 3.63) is 0 Å². The van der Waals surface area contributed by atoms with Crippen LogP contribution in [0.15, 0.2) is 0 Å². The molecule has 7 nitrogen and oxygen atoms in total. The van der Waals surface area contributed by atoms with Crippen molar-refractivity contribution in [3.63, 3.8) is 0 Å². The van der Waals surface area contributed by atoms with E-state index in [2.05, 4.69) is 5.32 Å². The first-order valence-corrected chi connectivity index (χ1v) is 7.08. The van der Waals surface area contributed by atoms with Gasteiger partial charge in [0.2, 0.25) is 0 Å². The summed E-state index contributed by atoms with van der Waals surface area (Å²) in [6.45, 7) is 5.92. The van der Waals surface area contributed by atoms with Gasteiger partial charge in [-0.1, -0.05) is 0 Å². The molecular formula is C14H24N2O5. The van der Waals surface area contributed by atoms with Crippen molar-refractivity contribution >= 4 is 18.0 Å². The maximum absolute atomic E-state index is 12.0. The molecule has 120 valence electrons. The Morgan fingerprint density at radius 1 is 1.29 bits per heavy atom. The van der Waals surface area contributed by atoms with Crippen LogP contribution in [0, 0.1) is 5.92 Å². The summed E-state index contributed by atoms with van der Waals surface area (Å²) >= 11 is 0. The zero-order valence-electron chi connectivity index (χ0n) is 13.1. The SMILES string of the molecule is CNC(=O)COC(=O)[C@@H]1CCCN(C(=O)OC(C)(C)C)C1. The van der Waals surface area contributed by atoms with Gasteiger partial charge in [-0.05, 0) is 33.6 Å². The average molecular weight is 300 g/mol. The number of carbonyl (C=O) groups excluding carboxylic acids is 3. The third-order valence-electron chi connectivity index (χ3n) is 3.03. The summed E-state index contributed by atoms with van der Waals surface area (Å²) in [6, 6.07) is 0. The number of nitrogens with one attached hydrogen (secondary N) is 1. The Hall–Kier alpha value is -1.79. The van der Waals surface area contributed by atoms with E-state index in [1.54, 1.807) is 20.8 Å². The second kappa shape index (κ2) is 7.28. The number of esters is 1. The lowest BCUT2D eigenvalue weighted by Gasteiger charge is -2.33. The van der Waals surface area contributed by atoms with Crippen LogP contribution in [0.4, 0.5) is 4.79 Å². The number of likely N-dealkylation sites (tertiary alicyclic amines) is 1. The number of ether oxygens (including phenoxy) is 2. The van der Waals surface area contributed by atoms with E-state index < -0.39 is 23.6 Å². The summed E-state index contributed by atoms with van der Waals surface area (Å²) in [7, 11) is 1.47. The van der Waals surface area contributed by atoms with E-state index in [0.29, 0.717) is 19.4 Å². The van der Waals surface area contributed by atoms with E-state index in [0.717, 1.165) is 0 Å². The minimum absolute atomic E-state index is 0.265. The van der Waals surface area contributed by atoms with Crippen molar-refractivity contribution in [1.29, 1.82) is 0 Å². The molecule has 0 aromatic carbocycles. The van der Waals surface area contributed by atoms with E-state index in [1.807, 2.05) is 0 Å². The number of hydrogen-bond donors (Lipinski definition) is 1. The minimum atomic E-state index is -0.566. The van der Waals surface area contributed by atoms with Crippen molar-refractivity contribution in [1.82, 2.24) is 10.2 Å². The minimum Gasteiger partial charge on any atom is -0.455 e. The molecule has 0 radical (unpaired) electrons. The van der Waals surface area contributed by atoms with Gasteiger partial charge in [-0.15, -0.1) is 0 Å². The zero-order chi connectivity index (χ0) is 16.0. The molecule has 0 saturated carbocycles. The van der Waals surface area contributed by atoms with Gasteiger partial charge in [-0.2, -0.15) is 0 Å². The third kappa shape index (κ3) is 6.01. The van der Waals surface area contributed by atoms with Gasteiger partial charge in [-0.25, -0.2) is 4.79 Å². The highest BCUT2D eigenvalue weighted by Gasteiger charge is 2.32. The molecule has 0 bridgehead atoms. The van der Waals surface area contributed by atoms with Gasteiger partial charge in [0.15, 0.2) is 6.61 Å². The number of piperidine rings is 1. The zero-order valence-corrected chi connectivity index (χ0v) is 13.1. The highest BCUT2D eigenvalue weighted by atomic mass is 16.6. The Morgan fingerprint density at radius 2 is 1.95 bits per heavy atom. The molecule has 7 heteroatoms. The fourth-order valence-corrected chi connectivity index (χ4v) is 1.99. The fourth-order valence-electron chi connectivity index (χ4n) is 1.99. The van der Waals surface area contributed by atoms with Crippen LogP contribution >= 0.6 is 0 Å². The summed E-state index contributed by atoms with van der Waals surface area (Å²) in [5, 5.41) is 2.38. The molecule has 1 fully saturated rings. The van der Waals surface area contributed by atoms with Crippen LogP contribution in [0.25, 0.3) is 0 Å². The number of hydrogen-bond acceptors (Lipinski definition) is 5. The molecule has 1 aliphatic rings. The second-order valence-corrected chi connectivity index (χ2v) is 6.05. The second-order valence-electron chi connectivity index (χ2n) is 6.05. The number of amides is 2. The van der Waals surface area contributed by atoms with Gasteiger partial charge in [0.05, 0.1) is 5.92 Å². The highest BCUT2D eigenvalue weighted by Crippen LogP contribution is 2.20. The first-order chi connectivity index (χ1) is 9.73. The first kappa shape index (κ1) is 17.3. The van der Waals surface area contributed by atoms with Crippen molar-refractivity contribution in [2.24, 2.45) is 5.92 Å². The lowest BCUT2D eigenvalue weighted by Crippen LogP contribution is -2.45. The van der Waals surface area contributed by atoms with E-state index in [9.17, 15) is 14.4 Å². The normalized spacial score (nSPS) is 18.9. The molecule has 21 heavy (non-hydrogen) atoms. The first-order valence-electron chi connectivity index (χ1n) is 7.08. The molecule has 0 aromatic rings. The Morgan fingerprint density at radius 3 is 2.52 bits per heavy atom. The maximum atomic E-state index is 12.0. The van der Waals surface area contributed by atoms with Crippen molar-refractivity contribution < 1.29 is 23.9 Å². The molecule has 0 unspecified atom stereocenters. The van der Waals surface area contributed by atoms with E-state index in [4.69, 9.17) is 9.47 Å². The number of rotatable bonds is 3. The predicted octanol–water partition coefficient (Wildman–Crippen LogP) is 0.923. The lowest BCUT2D eigenvalue weighted by atomic mass is 9.98. The van der Waals surface area contributed by atoms with E-state index in [-0.39, 0.29) is 19.1 Å². The molecule has 1 N–H and O–H groups in total. The van der Waals surface area contributed by atoms with Crippen LogP contribution in [0.3, 0.4) is 0 Å². The largest absolute Gasteiger partial charge is 0.455 e. The predicted molar refractivity (Wildman–Crippen MR) is 75.6 cm³/mol. The van der Waals surface area contributed by atoms with Crippen LogP contribution in [0.5, 0.6) is 0 Å². The van der Waals surface area contributed by atoms with Crippen LogP contribution < -0.4 is 5.32 Å². The quantitative estimate of drug-likeness (QED) is 0.784. The molecule has 1 aliphatic heterocycles. The maximum Gasteiger partial charge on any atom is 0.410 e. The number of nitrogens with zero attached hydrogens (tertiary/aromatic N) is 1. The monoisotopic (exact) mass is 300 g/mol. The van der Waals surface area contributed by atoms with Gasteiger partial charge in [-0.3, -0.25) is 9.59 Å². The summed E-state index contributed by atoms with van der Waals surface area (Å²) in [4.78, 5) is 36.4. The summed E-state index contributed by atoms with van der Waals surface area (Å²) < 4.78 is 10.2. The molecule has 0 aromatic heterocycles. The molecular weight excluding hydrogens is 276 g/mol. The molecule has 1 atom stereocenters. The Balaban J connectivity index is 2.49. The molecule has 0 aliphatic carbocycles. The van der Waals surface area contributed by atoms with E-state index >= 15 is 0 Å². The van der Waals surface area contributed by atoms with Crippen molar-refractivity contribution in [3.8, 4) is 0 Å². The van der Waals surface area contributed by atoms with Gasteiger partial charge in [0.25, 0.3) is 5.91 Å². The Labute approximate surface area is 124 Å². The van der Waals surface area contributed by atoms with E-state index in [1.165, 1.54) is 11.9 Å². The van der Waals surface area contributed by atoms with Crippen LogP contribution in [0.2, 0.25) is 0 Å².